The summed E-state index contributed by atoms with van der Waals surface area (Å²) in [5.74, 6) is 1.61. The Morgan fingerprint density at radius 2 is 2.04 bits per heavy atom. The summed E-state index contributed by atoms with van der Waals surface area (Å²) in [6.07, 6.45) is 2.10. The zero-order valence-corrected chi connectivity index (χ0v) is 13.9. The first-order chi connectivity index (χ1) is 12.2. The van der Waals surface area contributed by atoms with Gasteiger partial charge in [0.05, 0.1) is 13.7 Å². The van der Waals surface area contributed by atoms with Crippen molar-refractivity contribution in [2.75, 3.05) is 18.6 Å². The highest BCUT2D eigenvalue weighted by Gasteiger charge is 2.20. The Bertz CT molecular complexity index is 877. The van der Waals surface area contributed by atoms with Crippen LogP contribution in [0.15, 0.2) is 47.0 Å². The smallest absolute Gasteiger partial charge is 0.246 e. The first-order valence-corrected chi connectivity index (χ1v) is 8.23. The van der Waals surface area contributed by atoms with Gasteiger partial charge in [-0.3, -0.25) is 0 Å². The van der Waals surface area contributed by atoms with Gasteiger partial charge < -0.3 is 14.2 Å². The highest BCUT2D eigenvalue weighted by Crippen LogP contribution is 2.31. The van der Waals surface area contributed by atoms with Crippen molar-refractivity contribution in [1.82, 2.24) is 10.1 Å². The number of fused-ring (bicyclic) bond motifs is 1. The first-order valence-electron chi connectivity index (χ1n) is 8.23. The zero-order chi connectivity index (χ0) is 17.2. The molecule has 0 radical (unpaired) electrons. The van der Waals surface area contributed by atoms with Crippen LogP contribution in [0.25, 0.3) is 11.4 Å². The molecule has 1 aliphatic rings. The lowest BCUT2D eigenvalue weighted by molar-refractivity contribution is 0.375. The number of aromatic nitrogens is 2. The van der Waals surface area contributed by atoms with Crippen molar-refractivity contribution >= 4 is 5.69 Å². The molecule has 25 heavy (non-hydrogen) atoms. The van der Waals surface area contributed by atoms with Gasteiger partial charge in [0.1, 0.15) is 11.6 Å². The number of halogens is 1. The van der Waals surface area contributed by atoms with Crippen molar-refractivity contribution in [3.05, 3.63) is 59.7 Å². The minimum absolute atomic E-state index is 0.284. The number of nitrogens with zero attached hydrogens (tertiary/aromatic N) is 3. The van der Waals surface area contributed by atoms with Crippen LogP contribution in [0.2, 0.25) is 0 Å². The summed E-state index contributed by atoms with van der Waals surface area (Å²) < 4.78 is 23.7. The summed E-state index contributed by atoms with van der Waals surface area (Å²) >= 11 is 0. The molecular formula is C19H18FN3O2. The van der Waals surface area contributed by atoms with Crippen LogP contribution in [-0.2, 0) is 13.0 Å². The number of anilines is 1. The van der Waals surface area contributed by atoms with Crippen LogP contribution in [0.1, 0.15) is 17.9 Å². The summed E-state index contributed by atoms with van der Waals surface area (Å²) in [4.78, 5) is 6.68. The molecule has 0 spiro atoms. The Morgan fingerprint density at radius 3 is 2.84 bits per heavy atom. The highest BCUT2D eigenvalue weighted by atomic mass is 19.1. The fraction of sp³-hybridized carbons (Fsp3) is 0.263. The molecule has 6 heteroatoms. The predicted octanol–water partition coefficient (Wildman–Crippen LogP) is 3.84. The van der Waals surface area contributed by atoms with Gasteiger partial charge in [0.15, 0.2) is 0 Å². The molecule has 0 saturated carbocycles. The fourth-order valence-corrected chi connectivity index (χ4v) is 3.14. The predicted molar refractivity (Wildman–Crippen MR) is 92.1 cm³/mol. The molecule has 0 bridgehead atoms. The molecular weight excluding hydrogens is 321 g/mol. The lowest BCUT2D eigenvalue weighted by atomic mass is 10.0. The molecule has 3 aromatic rings. The molecule has 0 amide bonds. The average molecular weight is 339 g/mol. The third-order valence-electron chi connectivity index (χ3n) is 4.40. The summed E-state index contributed by atoms with van der Waals surface area (Å²) in [7, 11) is 1.68. The maximum Gasteiger partial charge on any atom is 0.246 e. The van der Waals surface area contributed by atoms with Gasteiger partial charge >= 0.3 is 0 Å². The van der Waals surface area contributed by atoms with E-state index in [0.717, 1.165) is 30.7 Å². The van der Waals surface area contributed by atoms with Crippen molar-refractivity contribution in [3.8, 4) is 17.1 Å². The van der Waals surface area contributed by atoms with Gasteiger partial charge in [-0.1, -0.05) is 5.16 Å². The van der Waals surface area contributed by atoms with Gasteiger partial charge in [-0.15, -0.1) is 0 Å². The molecule has 2 heterocycles. The van der Waals surface area contributed by atoms with Crippen LogP contribution in [0.3, 0.4) is 0 Å². The summed E-state index contributed by atoms with van der Waals surface area (Å²) in [5, 5.41) is 4.01. The van der Waals surface area contributed by atoms with Crippen molar-refractivity contribution in [1.29, 1.82) is 0 Å². The second-order valence-corrected chi connectivity index (χ2v) is 6.04. The average Bonchev–Trinajstić information content (AvgIpc) is 3.10. The van der Waals surface area contributed by atoms with E-state index in [2.05, 4.69) is 27.2 Å². The highest BCUT2D eigenvalue weighted by molar-refractivity contribution is 5.58. The third-order valence-corrected chi connectivity index (χ3v) is 4.40. The quantitative estimate of drug-likeness (QED) is 0.723. The Labute approximate surface area is 145 Å². The molecule has 4 rings (SSSR count). The zero-order valence-electron chi connectivity index (χ0n) is 13.9. The van der Waals surface area contributed by atoms with Crippen LogP contribution >= 0.6 is 0 Å². The van der Waals surface area contributed by atoms with Gasteiger partial charge in [-0.2, -0.15) is 4.98 Å². The standard InChI is InChI=1S/C19H18FN3O2/c1-24-16-8-9-17-14(11-16)3-2-10-23(17)12-18-21-19(22-25-18)13-4-6-15(20)7-5-13/h4-9,11H,2-3,10,12H2,1H3. The lowest BCUT2D eigenvalue weighted by Gasteiger charge is -2.30. The Kier molecular flexibility index (Phi) is 4.09. The molecule has 0 fully saturated rings. The van der Waals surface area contributed by atoms with Gasteiger partial charge in [0.2, 0.25) is 11.7 Å². The van der Waals surface area contributed by atoms with Crippen LogP contribution in [-0.4, -0.2) is 23.8 Å². The van der Waals surface area contributed by atoms with Gasteiger partial charge in [-0.05, 0) is 60.9 Å². The summed E-state index contributed by atoms with van der Waals surface area (Å²) in [5.41, 5.74) is 3.18. The minimum Gasteiger partial charge on any atom is -0.497 e. The second-order valence-electron chi connectivity index (χ2n) is 6.04. The van der Waals surface area contributed by atoms with Gasteiger partial charge in [0, 0.05) is 17.8 Å². The first kappa shape index (κ1) is 15.6. The molecule has 1 aliphatic heterocycles. The number of benzene rings is 2. The Morgan fingerprint density at radius 1 is 1.20 bits per heavy atom. The molecule has 128 valence electrons. The largest absolute Gasteiger partial charge is 0.497 e. The molecule has 0 saturated heterocycles. The Hall–Kier alpha value is -2.89. The molecule has 0 atom stereocenters. The lowest BCUT2D eigenvalue weighted by Crippen LogP contribution is -2.28. The van der Waals surface area contributed by atoms with E-state index in [-0.39, 0.29) is 5.82 Å². The monoisotopic (exact) mass is 339 g/mol. The maximum absolute atomic E-state index is 13.0. The van der Waals surface area contributed by atoms with E-state index >= 15 is 0 Å². The van der Waals surface area contributed by atoms with Crippen LogP contribution in [0, 0.1) is 5.82 Å². The van der Waals surface area contributed by atoms with Gasteiger partial charge in [0.25, 0.3) is 0 Å². The maximum atomic E-state index is 13.0. The number of hydrogen-bond acceptors (Lipinski definition) is 5. The van der Waals surface area contributed by atoms with E-state index in [9.17, 15) is 4.39 Å². The van der Waals surface area contributed by atoms with E-state index in [0.29, 0.717) is 18.3 Å². The van der Waals surface area contributed by atoms with Crippen molar-refractivity contribution in [2.45, 2.75) is 19.4 Å². The number of methoxy groups -OCH3 is 1. The SMILES string of the molecule is COc1ccc2c(c1)CCCN2Cc1nc(-c2ccc(F)cc2)no1. The molecule has 0 unspecified atom stereocenters. The third kappa shape index (κ3) is 3.20. The summed E-state index contributed by atoms with van der Waals surface area (Å²) in [6.45, 7) is 1.49. The van der Waals surface area contributed by atoms with Crippen molar-refractivity contribution in [3.63, 3.8) is 0 Å². The molecule has 0 N–H and O–H groups in total. The normalized spacial score (nSPS) is 13.6. The van der Waals surface area contributed by atoms with Crippen LogP contribution < -0.4 is 9.64 Å². The topological polar surface area (TPSA) is 51.4 Å². The van der Waals surface area contributed by atoms with E-state index in [1.807, 2.05) is 6.07 Å². The number of ether oxygens (including phenoxy) is 1. The van der Waals surface area contributed by atoms with E-state index < -0.39 is 0 Å². The molecule has 5 nitrogen and oxygen atoms in total. The van der Waals surface area contributed by atoms with E-state index in [1.165, 1.54) is 23.4 Å². The van der Waals surface area contributed by atoms with Crippen molar-refractivity contribution in [2.24, 2.45) is 0 Å². The van der Waals surface area contributed by atoms with Crippen molar-refractivity contribution < 1.29 is 13.7 Å². The summed E-state index contributed by atoms with van der Waals surface area (Å²) in [6, 6.07) is 12.2. The number of hydrogen-bond donors (Lipinski definition) is 0. The second kappa shape index (κ2) is 6.55. The van der Waals surface area contributed by atoms with E-state index in [4.69, 9.17) is 9.26 Å². The van der Waals surface area contributed by atoms with E-state index in [1.54, 1.807) is 19.2 Å². The molecule has 0 aliphatic carbocycles. The molecule has 2 aromatic carbocycles. The Balaban J connectivity index is 1.55. The van der Waals surface area contributed by atoms with Gasteiger partial charge in [-0.25, -0.2) is 4.39 Å². The number of rotatable bonds is 4. The minimum atomic E-state index is -0.284. The molecule has 1 aromatic heterocycles. The fourth-order valence-electron chi connectivity index (χ4n) is 3.14. The van der Waals surface area contributed by atoms with Crippen LogP contribution in [0.5, 0.6) is 5.75 Å². The van der Waals surface area contributed by atoms with Crippen LogP contribution in [0.4, 0.5) is 10.1 Å². The number of aryl methyl sites for hydroxylation is 1.